The van der Waals surface area contributed by atoms with Crippen molar-refractivity contribution in [3.63, 3.8) is 0 Å². The van der Waals surface area contributed by atoms with Crippen molar-refractivity contribution in [2.24, 2.45) is 22.1 Å². The maximum Gasteiger partial charge on any atom is 0.0750 e. The molecule has 0 fully saturated rings. The van der Waals surface area contributed by atoms with Gasteiger partial charge in [0.15, 0.2) is 0 Å². The predicted octanol–water partition coefficient (Wildman–Crippen LogP) is 1.59. The summed E-state index contributed by atoms with van der Waals surface area (Å²) in [5.41, 5.74) is 0. The molecule has 0 aromatic heterocycles. The van der Waals surface area contributed by atoms with Gasteiger partial charge in [0, 0.05) is 7.05 Å². The summed E-state index contributed by atoms with van der Waals surface area (Å²) in [6, 6.07) is 0.293. The lowest BCUT2D eigenvalue weighted by Gasteiger charge is -2.12. The van der Waals surface area contributed by atoms with Crippen LogP contribution >= 0.6 is 0 Å². The predicted molar refractivity (Wildman–Crippen MR) is 45.7 cm³/mol. The summed E-state index contributed by atoms with van der Waals surface area (Å²) in [5.74, 6) is 5.80. The van der Waals surface area contributed by atoms with E-state index in [-0.39, 0.29) is 0 Å². The highest BCUT2D eigenvalue weighted by Gasteiger charge is 2.08. The topological polar surface area (TPSA) is 54.0 Å². The average Bonchev–Trinajstić information content (AvgIpc) is 1.87. The van der Waals surface area contributed by atoms with Crippen LogP contribution in [0.5, 0.6) is 0 Å². The van der Waals surface area contributed by atoms with Crippen molar-refractivity contribution in [2.45, 2.75) is 33.2 Å². The molecule has 66 valence electrons. The van der Waals surface area contributed by atoms with Gasteiger partial charge in [-0.2, -0.15) is 5.11 Å². The van der Waals surface area contributed by atoms with E-state index in [0.29, 0.717) is 12.0 Å². The van der Waals surface area contributed by atoms with Crippen LogP contribution in [0.3, 0.4) is 0 Å². The fraction of sp³-hybridized carbons (Fsp3) is 1.00. The molecule has 0 spiro atoms. The van der Waals surface area contributed by atoms with Gasteiger partial charge < -0.3 is 0 Å². The van der Waals surface area contributed by atoms with Crippen molar-refractivity contribution in [1.82, 2.24) is 5.12 Å². The van der Waals surface area contributed by atoms with Crippen LogP contribution < -0.4 is 5.84 Å². The van der Waals surface area contributed by atoms with Crippen LogP contribution in [0.4, 0.5) is 0 Å². The largest absolute Gasteiger partial charge is 0.230 e. The summed E-state index contributed by atoms with van der Waals surface area (Å²) in [6.45, 7) is 6.35. The molecule has 1 unspecified atom stereocenters. The van der Waals surface area contributed by atoms with E-state index in [1.165, 1.54) is 5.12 Å². The lowest BCUT2D eigenvalue weighted by Crippen LogP contribution is -2.20. The molecule has 0 saturated carbocycles. The van der Waals surface area contributed by atoms with Gasteiger partial charge in [0.1, 0.15) is 0 Å². The minimum Gasteiger partial charge on any atom is -0.230 e. The van der Waals surface area contributed by atoms with Crippen molar-refractivity contribution in [2.75, 3.05) is 7.05 Å². The number of nitrogens with zero attached hydrogens (tertiary/aromatic N) is 3. The summed E-state index contributed by atoms with van der Waals surface area (Å²) in [5, 5.41) is 9.05. The molecule has 2 N–H and O–H groups in total. The first-order valence-corrected chi connectivity index (χ1v) is 3.97. The van der Waals surface area contributed by atoms with Crippen molar-refractivity contribution in [1.29, 1.82) is 0 Å². The molecule has 0 aromatic rings. The van der Waals surface area contributed by atoms with Gasteiger partial charge in [-0.15, -0.1) is 0 Å². The maximum atomic E-state index is 5.27. The van der Waals surface area contributed by atoms with Gasteiger partial charge in [0.2, 0.25) is 0 Å². The van der Waals surface area contributed by atoms with Gasteiger partial charge in [-0.3, -0.25) is 0 Å². The second kappa shape index (κ2) is 5.07. The Labute approximate surface area is 68.4 Å². The molecule has 0 saturated heterocycles. The van der Waals surface area contributed by atoms with Gasteiger partial charge >= 0.3 is 0 Å². The van der Waals surface area contributed by atoms with E-state index in [4.69, 9.17) is 5.84 Å². The molecular weight excluding hydrogens is 140 g/mol. The van der Waals surface area contributed by atoms with Crippen LogP contribution in [-0.2, 0) is 0 Å². The first-order chi connectivity index (χ1) is 5.07. The molecule has 0 bridgehead atoms. The zero-order valence-electron chi connectivity index (χ0n) is 7.78. The van der Waals surface area contributed by atoms with Gasteiger partial charge in [-0.25, -0.2) is 11.0 Å². The molecule has 0 amide bonds. The van der Waals surface area contributed by atoms with Crippen molar-refractivity contribution < 1.29 is 0 Å². The third-order valence-electron chi connectivity index (χ3n) is 1.53. The molecule has 0 aromatic carbocycles. The average molecular weight is 158 g/mol. The second-order valence-corrected chi connectivity index (χ2v) is 3.00. The molecule has 0 aliphatic carbocycles. The number of hydrogen-bond acceptors (Lipinski definition) is 3. The highest BCUT2D eigenvalue weighted by molar-refractivity contribution is 4.64. The van der Waals surface area contributed by atoms with Gasteiger partial charge in [0.05, 0.1) is 6.04 Å². The number of nitrogens with two attached hydrogens (primary N) is 1. The molecule has 4 heteroatoms. The Morgan fingerprint density at radius 3 is 2.27 bits per heavy atom. The molecule has 0 heterocycles. The van der Waals surface area contributed by atoms with E-state index in [2.05, 4.69) is 31.1 Å². The number of hydrazine groups is 1. The lowest BCUT2D eigenvalue weighted by molar-refractivity contribution is 0.316. The van der Waals surface area contributed by atoms with Gasteiger partial charge in [0.25, 0.3) is 0 Å². The highest BCUT2D eigenvalue weighted by Crippen LogP contribution is 2.10. The van der Waals surface area contributed by atoms with E-state index in [0.717, 1.165) is 6.42 Å². The molecule has 11 heavy (non-hydrogen) atoms. The smallest absolute Gasteiger partial charge is 0.0750 e. The third kappa shape index (κ3) is 4.72. The van der Waals surface area contributed by atoms with E-state index < -0.39 is 0 Å². The molecular formula is C7H18N4. The van der Waals surface area contributed by atoms with Crippen LogP contribution in [0.25, 0.3) is 0 Å². The van der Waals surface area contributed by atoms with Crippen LogP contribution in [0.1, 0.15) is 27.2 Å². The molecule has 0 aliphatic rings. The Hall–Kier alpha value is -0.640. The second-order valence-electron chi connectivity index (χ2n) is 3.00. The van der Waals surface area contributed by atoms with Crippen molar-refractivity contribution in [3.05, 3.63) is 0 Å². The summed E-state index contributed by atoms with van der Waals surface area (Å²) in [6.07, 6.45) is 1.01. The first-order valence-electron chi connectivity index (χ1n) is 3.97. The fourth-order valence-corrected chi connectivity index (χ4v) is 0.834. The van der Waals surface area contributed by atoms with Crippen molar-refractivity contribution in [3.8, 4) is 0 Å². The quantitative estimate of drug-likeness (QED) is 0.384. The van der Waals surface area contributed by atoms with Gasteiger partial charge in [-0.05, 0) is 12.3 Å². The summed E-state index contributed by atoms with van der Waals surface area (Å²) in [4.78, 5) is 0. The van der Waals surface area contributed by atoms with E-state index in [1.807, 2.05) is 0 Å². The van der Waals surface area contributed by atoms with Crippen LogP contribution in [0.15, 0.2) is 10.3 Å². The van der Waals surface area contributed by atoms with Crippen LogP contribution in [0, 0.1) is 5.92 Å². The summed E-state index contributed by atoms with van der Waals surface area (Å²) >= 11 is 0. The molecule has 1 atom stereocenters. The van der Waals surface area contributed by atoms with Gasteiger partial charge in [-0.1, -0.05) is 26.0 Å². The summed E-state index contributed by atoms with van der Waals surface area (Å²) < 4.78 is 0. The molecule has 0 radical (unpaired) electrons. The Balaban J connectivity index is 3.87. The summed E-state index contributed by atoms with van der Waals surface area (Å²) in [7, 11) is 1.66. The molecule has 4 nitrogen and oxygen atoms in total. The minimum atomic E-state index is 0.293. The number of hydrogen-bond donors (Lipinski definition) is 1. The Bertz CT molecular complexity index is 120. The Morgan fingerprint density at radius 2 is 2.00 bits per heavy atom. The van der Waals surface area contributed by atoms with E-state index in [9.17, 15) is 0 Å². The third-order valence-corrected chi connectivity index (χ3v) is 1.53. The van der Waals surface area contributed by atoms with Crippen molar-refractivity contribution >= 4 is 0 Å². The van der Waals surface area contributed by atoms with Crippen LogP contribution in [0.2, 0.25) is 0 Å². The first kappa shape index (κ1) is 10.4. The number of rotatable bonds is 4. The molecule has 0 aliphatic heterocycles. The van der Waals surface area contributed by atoms with Crippen LogP contribution in [-0.4, -0.2) is 18.2 Å². The molecule has 0 rings (SSSR count). The zero-order valence-corrected chi connectivity index (χ0v) is 7.78. The zero-order chi connectivity index (χ0) is 8.85. The lowest BCUT2D eigenvalue weighted by atomic mass is 10.0. The maximum absolute atomic E-state index is 5.27. The SMILES string of the molecule is CCC(N=NN(C)N)C(C)C. The minimum absolute atomic E-state index is 0.293. The highest BCUT2D eigenvalue weighted by atomic mass is 15.7. The fourth-order valence-electron chi connectivity index (χ4n) is 0.834. The Morgan fingerprint density at radius 1 is 1.45 bits per heavy atom. The normalized spacial score (nSPS) is 14.4. The standard InChI is InChI=1S/C7H18N4/c1-5-7(6(2)3)9-10-11(4)8/h6-7H,5,8H2,1-4H3. The van der Waals surface area contributed by atoms with E-state index >= 15 is 0 Å². The monoisotopic (exact) mass is 158 g/mol. The Kier molecular flexibility index (Phi) is 4.77. The van der Waals surface area contributed by atoms with E-state index in [1.54, 1.807) is 7.05 Å².